The van der Waals surface area contributed by atoms with E-state index in [-0.39, 0.29) is 0 Å². The maximum atomic E-state index is 6.09. The first-order valence-electron chi connectivity index (χ1n) is 6.28. The smallest absolute Gasteiger partial charge is 0.125 e. The lowest BCUT2D eigenvalue weighted by molar-refractivity contribution is 0.729. The molecule has 0 bridgehead atoms. The number of aryl methyl sites for hydroxylation is 1. The summed E-state index contributed by atoms with van der Waals surface area (Å²) in [5, 5.41) is 4.97. The van der Waals surface area contributed by atoms with Gasteiger partial charge in [0.05, 0.1) is 29.7 Å². The number of alkyl halides is 1. The van der Waals surface area contributed by atoms with Gasteiger partial charge in [0.1, 0.15) is 5.82 Å². The minimum Gasteiger partial charge on any atom is -0.322 e. The van der Waals surface area contributed by atoms with E-state index in [0.717, 1.165) is 28.1 Å². The molecule has 2 aromatic heterocycles. The maximum absolute atomic E-state index is 6.09. The summed E-state index contributed by atoms with van der Waals surface area (Å²) in [5.74, 6) is 1.21. The number of halogens is 2. The van der Waals surface area contributed by atoms with Gasteiger partial charge in [0, 0.05) is 23.3 Å². The molecule has 0 aliphatic heterocycles. The Morgan fingerprint density at radius 3 is 2.75 bits per heavy atom. The number of hydrogen-bond acceptors (Lipinski definition) is 2. The third kappa shape index (κ3) is 2.19. The average molecular weight is 309 g/mol. The van der Waals surface area contributed by atoms with Crippen molar-refractivity contribution in [2.24, 2.45) is 7.05 Å². The summed E-state index contributed by atoms with van der Waals surface area (Å²) >= 11 is 12.1. The number of rotatable bonds is 3. The lowest BCUT2D eigenvalue weighted by Crippen LogP contribution is -2.05. The highest BCUT2D eigenvalue weighted by Gasteiger charge is 2.13. The van der Waals surface area contributed by atoms with Crippen LogP contribution in [0.15, 0.2) is 24.4 Å². The van der Waals surface area contributed by atoms with E-state index in [4.69, 9.17) is 23.2 Å². The van der Waals surface area contributed by atoms with Crippen molar-refractivity contribution in [1.29, 1.82) is 0 Å². The van der Waals surface area contributed by atoms with E-state index >= 15 is 0 Å². The Morgan fingerprint density at radius 2 is 2.10 bits per heavy atom. The predicted molar refractivity (Wildman–Crippen MR) is 81.3 cm³/mol. The molecule has 0 fully saturated rings. The van der Waals surface area contributed by atoms with E-state index in [9.17, 15) is 0 Å². The number of aromatic nitrogens is 4. The fourth-order valence-electron chi connectivity index (χ4n) is 2.29. The van der Waals surface area contributed by atoms with Crippen molar-refractivity contribution in [3.05, 3.63) is 46.5 Å². The van der Waals surface area contributed by atoms with Gasteiger partial charge in [-0.1, -0.05) is 11.6 Å². The van der Waals surface area contributed by atoms with Crippen LogP contribution in [0.2, 0.25) is 5.02 Å². The molecule has 2 heterocycles. The van der Waals surface area contributed by atoms with Gasteiger partial charge in [-0.2, -0.15) is 5.10 Å². The van der Waals surface area contributed by atoms with Crippen LogP contribution in [0.25, 0.3) is 11.0 Å². The van der Waals surface area contributed by atoms with Gasteiger partial charge in [-0.15, -0.1) is 11.6 Å². The Kier molecular flexibility index (Phi) is 3.44. The SMILES string of the molecule is Cc1c(Cn2c(CCl)nc3ccc(Cl)cc32)cnn1C. The zero-order valence-corrected chi connectivity index (χ0v) is 12.8. The van der Waals surface area contributed by atoms with Crippen LogP contribution in [-0.4, -0.2) is 19.3 Å². The van der Waals surface area contributed by atoms with E-state index in [0.29, 0.717) is 17.4 Å². The molecule has 3 aromatic rings. The largest absolute Gasteiger partial charge is 0.322 e. The van der Waals surface area contributed by atoms with Gasteiger partial charge >= 0.3 is 0 Å². The fraction of sp³-hybridized carbons (Fsp3) is 0.286. The van der Waals surface area contributed by atoms with Crippen LogP contribution in [0.1, 0.15) is 17.1 Å². The van der Waals surface area contributed by atoms with Crippen LogP contribution in [0.5, 0.6) is 0 Å². The quantitative estimate of drug-likeness (QED) is 0.694. The van der Waals surface area contributed by atoms with Crippen molar-refractivity contribution in [1.82, 2.24) is 19.3 Å². The lowest BCUT2D eigenvalue weighted by atomic mass is 10.2. The van der Waals surface area contributed by atoms with E-state index in [2.05, 4.69) is 21.6 Å². The second-order valence-corrected chi connectivity index (χ2v) is 5.46. The molecule has 0 unspecified atom stereocenters. The molecule has 104 valence electrons. The van der Waals surface area contributed by atoms with Crippen LogP contribution >= 0.6 is 23.2 Å². The van der Waals surface area contributed by atoms with Gasteiger partial charge in [0.2, 0.25) is 0 Å². The van der Waals surface area contributed by atoms with Crippen molar-refractivity contribution in [3.63, 3.8) is 0 Å². The second kappa shape index (κ2) is 5.11. The average Bonchev–Trinajstić information content (AvgIpc) is 2.94. The maximum Gasteiger partial charge on any atom is 0.125 e. The fourth-order valence-corrected chi connectivity index (χ4v) is 2.66. The minimum atomic E-state index is 0.367. The van der Waals surface area contributed by atoms with Crippen LogP contribution in [0.4, 0.5) is 0 Å². The number of fused-ring (bicyclic) bond motifs is 1. The zero-order chi connectivity index (χ0) is 14.3. The monoisotopic (exact) mass is 308 g/mol. The highest BCUT2D eigenvalue weighted by atomic mass is 35.5. The molecule has 0 amide bonds. The second-order valence-electron chi connectivity index (χ2n) is 4.76. The summed E-state index contributed by atoms with van der Waals surface area (Å²) in [6, 6.07) is 5.68. The van der Waals surface area contributed by atoms with E-state index in [1.54, 1.807) is 0 Å². The first-order chi connectivity index (χ1) is 9.60. The van der Waals surface area contributed by atoms with Crippen molar-refractivity contribution < 1.29 is 0 Å². The molecule has 0 N–H and O–H groups in total. The van der Waals surface area contributed by atoms with Crippen LogP contribution in [0.3, 0.4) is 0 Å². The molecule has 0 saturated heterocycles. The third-order valence-electron chi connectivity index (χ3n) is 3.57. The third-order valence-corrected chi connectivity index (χ3v) is 4.05. The Hall–Kier alpha value is -1.52. The molecular weight excluding hydrogens is 295 g/mol. The summed E-state index contributed by atoms with van der Waals surface area (Å²) in [7, 11) is 1.93. The molecule has 0 saturated carbocycles. The van der Waals surface area contributed by atoms with Crippen molar-refractivity contribution in [2.45, 2.75) is 19.3 Å². The van der Waals surface area contributed by atoms with Gasteiger partial charge in [0.25, 0.3) is 0 Å². The molecule has 0 spiro atoms. The molecule has 0 aliphatic rings. The molecule has 0 aliphatic carbocycles. The van der Waals surface area contributed by atoms with E-state index in [1.807, 2.05) is 36.1 Å². The highest BCUT2D eigenvalue weighted by molar-refractivity contribution is 6.31. The van der Waals surface area contributed by atoms with Gasteiger partial charge in [-0.3, -0.25) is 4.68 Å². The molecule has 20 heavy (non-hydrogen) atoms. The number of nitrogens with zero attached hydrogens (tertiary/aromatic N) is 4. The van der Waals surface area contributed by atoms with Gasteiger partial charge in [0.15, 0.2) is 0 Å². The van der Waals surface area contributed by atoms with Crippen molar-refractivity contribution >= 4 is 34.2 Å². The van der Waals surface area contributed by atoms with Gasteiger partial charge < -0.3 is 4.57 Å². The molecular formula is C14H14Cl2N4. The molecule has 3 rings (SSSR count). The van der Waals surface area contributed by atoms with Crippen molar-refractivity contribution in [3.8, 4) is 0 Å². The van der Waals surface area contributed by atoms with Gasteiger partial charge in [-0.25, -0.2) is 4.98 Å². The topological polar surface area (TPSA) is 35.6 Å². The van der Waals surface area contributed by atoms with Crippen molar-refractivity contribution in [2.75, 3.05) is 0 Å². The molecule has 0 atom stereocenters. The van der Waals surface area contributed by atoms with E-state index in [1.165, 1.54) is 0 Å². The first-order valence-corrected chi connectivity index (χ1v) is 7.19. The summed E-state index contributed by atoms with van der Waals surface area (Å²) in [5.41, 5.74) is 4.19. The lowest BCUT2D eigenvalue weighted by Gasteiger charge is -2.07. The number of hydrogen-bond donors (Lipinski definition) is 0. The molecule has 0 radical (unpaired) electrons. The number of imidazole rings is 1. The Morgan fingerprint density at radius 1 is 1.30 bits per heavy atom. The standard InChI is InChI=1S/C14H14Cl2N4/c1-9-10(7-17-19(9)2)8-20-13-5-11(16)3-4-12(13)18-14(20)6-15/h3-5,7H,6,8H2,1-2H3. The van der Waals surface area contributed by atoms with Gasteiger partial charge in [-0.05, 0) is 25.1 Å². The Balaban J connectivity index is 2.14. The molecule has 6 heteroatoms. The molecule has 4 nitrogen and oxygen atoms in total. The Bertz CT molecular complexity index is 773. The molecule has 1 aromatic carbocycles. The normalized spacial score (nSPS) is 11.4. The highest BCUT2D eigenvalue weighted by Crippen LogP contribution is 2.23. The van der Waals surface area contributed by atoms with Crippen LogP contribution in [-0.2, 0) is 19.5 Å². The minimum absolute atomic E-state index is 0.367. The van der Waals surface area contributed by atoms with E-state index < -0.39 is 0 Å². The first kappa shape index (κ1) is 13.5. The predicted octanol–water partition coefficient (Wildman–Crippen LogP) is 3.52. The summed E-state index contributed by atoms with van der Waals surface area (Å²) in [6.07, 6.45) is 1.88. The summed E-state index contributed by atoms with van der Waals surface area (Å²) in [6.45, 7) is 2.74. The zero-order valence-electron chi connectivity index (χ0n) is 11.3. The Labute approximate surface area is 126 Å². The summed E-state index contributed by atoms with van der Waals surface area (Å²) in [4.78, 5) is 4.55. The van der Waals surface area contributed by atoms with Crippen LogP contribution < -0.4 is 0 Å². The summed E-state index contributed by atoms with van der Waals surface area (Å²) < 4.78 is 3.96. The number of benzene rings is 1. The van der Waals surface area contributed by atoms with Crippen LogP contribution in [0, 0.1) is 6.92 Å².